The minimum absolute atomic E-state index is 0.0449. The molecule has 0 spiro atoms. The topological polar surface area (TPSA) is 6.48 Å². The van der Waals surface area contributed by atoms with E-state index in [4.69, 9.17) is 0 Å². The quantitative estimate of drug-likeness (QED) is 0.161. The van der Waals surface area contributed by atoms with Crippen LogP contribution in [0.5, 0.6) is 0 Å². The molecule has 0 amide bonds. The van der Waals surface area contributed by atoms with Crippen molar-refractivity contribution in [3.8, 4) is 11.1 Å². The molecule has 6 aromatic rings. The summed E-state index contributed by atoms with van der Waals surface area (Å²) >= 11 is 2.04. The fourth-order valence-corrected chi connectivity index (χ4v) is 12.9. The first-order valence-corrected chi connectivity index (χ1v) is 23.3. The molecule has 302 valence electrons. The first-order valence-electron chi connectivity index (χ1n) is 22.5. The molecule has 3 heterocycles. The fraction of sp³-hybridized carbons (Fsp3) is 0.357. The van der Waals surface area contributed by atoms with Gasteiger partial charge in [-0.1, -0.05) is 135 Å². The lowest BCUT2D eigenvalue weighted by Crippen LogP contribution is -2.60. The molecule has 0 N–H and O–H groups in total. The van der Waals surface area contributed by atoms with Crippen LogP contribution < -0.4 is 20.0 Å². The lowest BCUT2D eigenvalue weighted by Gasteiger charge is -2.51. The van der Waals surface area contributed by atoms with Crippen LogP contribution in [-0.2, 0) is 28.1 Å². The Kier molecular flexibility index (Phi) is 8.03. The average molecular weight is 803 g/mol. The molecule has 60 heavy (non-hydrogen) atoms. The van der Waals surface area contributed by atoms with Crippen molar-refractivity contribution in [3.05, 3.63) is 153 Å². The Balaban J connectivity index is 1.27. The van der Waals surface area contributed by atoms with Crippen LogP contribution >= 0.6 is 11.3 Å². The summed E-state index contributed by atoms with van der Waals surface area (Å²) < 4.78 is 2.88. The maximum atomic E-state index is 2.79. The molecule has 0 saturated heterocycles. The monoisotopic (exact) mass is 802 g/mol. The highest BCUT2D eigenvalue weighted by Crippen LogP contribution is 2.55. The van der Waals surface area contributed by atoms with Gasteiger partial charge in [-0.2, -0.15) is 0 Å². The Morgan fingerprint density at radius 3 is 2.08 bits per heavy atom. The molecule has 5 aliphatic rings. The van der Waals surface area contributed by atoms with Gasteiger partial charge in [0.05, 0.1) is 17.4 Å². The number of thiophene rings is 1. The van der Waals surface area contributed by atoms with Crippen LogP contribution in [0.1, 0.15) is 129 Å². The van der Waals surface area contributed by atoms with E-state index in [0.29, 0.717) is 0 Å². The highest BCUT2D eigenvalue weighted by atomic mass is 32.1. The van der Waals surface area contributed by atoms with Crippen molar-refractivity contribution < 1.29 is 0 Å². The second kappa shape index (κ2) is 12.6. The number of allylic oxidation sites excluding steroid dienone is 1. The van der Waals surface area contributed by atoms with Crippen molar-refractivity contribution in [2.24, 2.45) is 0 Å². The Morgan fingerprint density at radius 2 is 1.37 bits per heavy atom. The maximum Gasteiger partial charge on any atom is 0.259 e. The molecule has 0 bridgehead atoms. The number of hydrogen-bond acceptors (Lipinski definition) is 3. The summed E-state index contributed by atoms with van der Waals surface area (Å²) in [4.78, 5) is 5.53. The standard InChI is InChI=1S/C56H59BN2S/c1-33-27-46-50-47(28-33)59(44-18-14-16-35-29-34-15-12-13-17-39(34)49(35)44)45-32-42-41(55(8,9)25-26-56(42,10)11)31-43(45)57(50)52-51(40-30-37(54(5,6)7)21-24-48(40)60-52)58(46)38-22-19-36(20-23-38)53(2,3)4/h12-24,28,30-32,46H,25-27,29H2,1-11H3. The second-order valence-corrected chi connectivity index (χ2v) is 23.2. The third-order valence-corrected chi connectivity index (χ3v) is 16.3. The van der Waals surface area contributed by atoms with E-state index in [-0.39, 0.29) is 34.4 Å². The number of benzene rings is 5. The molecule has 4 heteroatoms. The van der Waals surface area contributed by atoms with E-state index in [2.05, 4.69) is 189 Å². The Labute approximate surface area is 363 Å². The number of hydrogen-bond donors (Lipinski definition) is 0. The average Bonchev–Trinajstić information content (AvgIpc) is 3.77. The van der Waals surface area contributed by atoms with Gasteiger partial charge in [-0.3, -0.25) is 0 Å². The predicted octanol–water partition coefficient (Wildman–Crippen LogP) is 13.8. The third kappa shape index (κ3) is 5.51. The van der Waals surface area contributed by atoms with Gasteiger partial charge in [0.25, 0.3) is 6.71 Å². The molecule has 1 unspecified atom stereocenters. The summed E-state index contributed by atoms with van der Waals surface area (Å²) in [5.41, 5.74) is 23.0. The van der Waals surface area contributed by atoms with Crippen molar-refractivity contribution in [1.29, 1.82) is 0 Å². The smallest absolute Gasteiger partial charge is 0.259 e. The van der Waals surface area contributed by atoms with E-state index in [1.807, 2.05) is 11.3 Å². The second-order valence-electron chi connectivity index (χ2n) is 22.1. The van der Waals surface area contributed by atoms with Gasteiger partial charge >= 0.3 is 0 Å². The summed E-state index contributed by atoms with van der Waals surface area (Å²) in [5.74, 6) is 0. The van der Waals surface area contributed by atoms with Gasteiger partial charge in [-0.25, -0.2) is 0 Å². The van der Waals surface area contributed by atoms with E-state index in [9.17, 15) is 0 Å². The van der Waals surface area contributed by atoms with Crippen molar-refractivity contribution in [2.45, 2.75) is 130 Å². The summed E-state index contributed by atoms with van der Waals surface area (Å²) in [5, 5.41) is 1.40. The Hall–Kier alpha value is -4.80. The van der Waals surface area contributed by atoms with Gasteiger partial charge in [0.1, 0.15) is 0 Å². The molecule has 0 fully saturated rings. The summed E-state index contributed by atoms with van der Waals surface area (Å²) in [6, 6.07) is 38.8. The molecule has 1 atom stereocenters. The van der Waals surface area contributed by atoms with Crippen molar-refractivity contribution >= 4 is 61.1 Å². The van der Waals surface area contributed by atoms with Crippen LogP contribution in [0, 0.1) is 0 Å². The molecule has 1 aromatic heterocycles. The number of rotatable bonds is 2. The van der Waals surface area contributed by atoms with Crippen LogP contribution in [0.15, 0.2) is 120 Å². The summed E-state index contributed by atoms with van der Waals surface area (Å²) in [7, 11) is 0. The zero-order chi connectivity index (χ0) is 41.8. The van der Waals surface area contributed by atoms with Gasteiger partial charge in [-0.15, -0.1) is 11.3 Å². The fourth-order valence-electron chi connectivity index (χ4n) is 11.6. The zero-order valence-electron chi connectivity index (χ0n) is 37.6. The SMILES string of the molecule is CC1=CC2=C3B(c4cc5c(cc4N2c2cccc4c2-c2ccccc2C4)C(C)(C)CCC5(C)C)c2sc4ccc(C(C)(C)C)cc4c2N(c2ccc(C(C)(C)C)cc2)C3C1. The molecule has 3 aliphatic carbocycles. The summed E-state index contributed by atoms with van der Waals surface area (Å²) in [6.45, 7) is 26.6. The van der Waals surface area contributed by atoms with E-state index in [1.165, 1.54) is 106 Å². The van der Waals surface area contributed by atoms with Crippen LogP contribution in [0.4, 0.5) is 22.7 Å². The molecule has 2 nitrogen and oxygen atoms in total. The van der Waals surface area contributed by atoms with Crippen molar-refractivity contribution in [1.82, 2.24) is 0 Å². The van der Waals surface area contributed by atoms with Crippen molar-refractivity contribution in [2.75, 3.05) is 9.80 Å². The van der Waals surface area contributed by atoms with Gasteiger partial charge in [0, 0.05) is 37.5 Å². The van der Waals surface area contributed by atoms with E-state index < -0.39 is 0 Å². The maximum absolute atomic E-state index is 2.79. The molecule has 5 aromatic carbocycles. The predicted molar refractivity (Wildman–Crippen MR) is 261 cm³/mol. The molecular weight excluding hydrogens is 744 g/mol. The number of fused-ring (bicyclic) bond motifs is 10. The van der Waals surface area contributed by atoms with Crippen molar-refractivity contribution in [3.63, 3.8) is 0 Å². The zero-order valence-corrected chi connectivity index (χ0v) is 38.4. The molecular formula is C56H59BN2S. The van der Waals surface area contributed by atoms with Gasteiger partial charge in [-0.05, 0) is 147 Å². The Morgan fingerprint density at radius 1 is 0.700 bits per heavy atom. The molecule has 0 radical (unpaired) electrons. The third-order valence-electron chi connectivity index (χ3n) is 15.1. The van der Waals surface area contributed by atoms with Gasteiger partial charge in [0.15, 0.2) is 0 Å². The van der Waals surface area contributed by atoms with E-state index in [0.717, 1.165) is 12.8 Å². The minimum Gasteiger partial charge on any atom is -0.334 e. The minimum atomic E-state index is 0.0449. The summed E-state index contributed by atoms with van der Waals surface area (Å²) in [6.07, 6.45) is 6.95. The first-order chi connectivity index (χ1) is 28.4. The number of nitrogens with zero attached hydrogens (tertiary/aromatic N) is 2. The van der Waals surface area contributed by atoms with Gasteiger partial charge in [0.2, 0.25) is 0 Å². The largest absolute Gasteiger partial charge is 0.334 e. The van der Waals surface area contributed by atoms with Crippen LogP contribution in [0.25, 0.3) is 21.2 Å². The van der Waals surface area contributed by atoms with E-state index >= 15 is 0 Å². The molecule has 11 rings (SSSR count). The van der Waals surface area contributed by atoms with Gasteiger partial charge < -0.3 is 9.80 Å². The van der Waals surface area contributed by atoms with Crippen LogP contribution in [-0.4, -0.2) is 12.8 Å². The van der Waals surface area contributed by atoms with Crippen LogP contribution in [0.3, 0.4) is 0 Å². The molecule has 0 saturated carbocycles. The highest BCUT2D eigenvalue weighted by Gasteiger charge is 2.51. The highest BCUT2D eigenvalue weighted by molar-refractivity contribution is 7.32. The molecule has 2 aliphatic heterocycles. The van der Waals surface area contributed by atoms with E-state index in [1.54, 1.807) is 11.0 Å². The van der Waals surface area contributed by atoms with Crippen LogP contribution in [0.2, 0.25) is 0 Å². The lowest BCUT2D eigenvalue weighted by atomic mass is 9.33. The normalized spacial score (nSPS) is 19.7. The lowest BCUT2D eigenvalue weighted by molar-refractivity contribution is 0.332. The Bertz CT molecular complexity index is 2870. The number of anilines is 4. The first kappa shape index (κ1) is 38.2.